The monoisotopic (exact) mass is 423 g/mol. The van der Waals surface area contributed by atoms with Gasteiger partial charge in [-0.2, -0.15) is 0 Å². The Morgan fingerprint density at radius 2 is 1.84 bits per heavy atom. The van der Waals surface area contributed by atoms with Crippen molar-refractivity contribution in [3.63, 3.8) is 0 Å². The Bertz CT molecular complexity index is 945. The minimum Gasteiger partial charge on any atom is -0.445 e. The van der Waals surface area contributed by atoms with Gasteiger partial charge in [0.15, 0.2) is 0 Å². The number of nitrogens with zero attached hydrogens (tertiary/aromatic N) is 1. The normalized spacial score (nSPS) is 17.5. The summed E-state index contributed by atoms with van der Waals surface area (Å²) in [5.74, 6) is 0. The molecule has 1 aliphatic rings. The Morgan fingerprint density at radius 3 is 2.45 bits per heavy atom. The fraction of sp³-hybridized carbons (Fsp3) is 0.391. The molecular weight excluding hydrogens is 393 g/mol. The van der Waals surface area contributed by atoms with Crippen LogP contribution in [0.1, 0.15) is 44.5 Å². The molecule has 1 aromatic heterocycles. The number of anilines is 1. The van der Waals surface area contributed by atoms with E-state index in [4.69, 9.17) is 19.8 Å². The van der Waals surface area contributed by atoms with Crippen LogP contribution < -0.4 is 11.1 Å². The summed E-state index contributed by atoms with van der Waals surface area (Å²) in [6, 6.07) is 11.4. The topological polar surface area (TPSA) is 95.7 Å². The van der Waals surface area contributed by atoms with Gasteiger partial charge in [-0.1, -0.05) is 30.3 Å². The van der Waals surface area contributed by atoms with Crippen molar-refractivity contribution in [1.82, 2.24) is 10.3 Å². The molecule has 0 unspecified atom stereocenters. The number of pyridine rings is 1. The number of aromatic nitrogens is 1. The molecule has 1 amide bonds. The van der Waals surface area contributed by atoms with Crippen LogP contribution in [0.3, 0.4) is 0 Å². The lowest BCUT2D eigenvalue weighted by atomic mass is 9.77. The molecule has 0 aliphatic carbocycles. The molecule has 0 saturated carbocycles. The molecule has 0 atom stereocenters. The first-order chi connectivity index (χ1) is 14.6. The second kappa shape index (κ2) is 9.12. The van der Waals surface area contributed by atoms with E-state index in [0.29, 0.717) is 5.69 Å². The van der Waals surface area contributed by atoms with Crippen molar-refractivity contribution in [2.24, 2.45) is 0 Å². The van der Waals surface area contributed by atoms with Crippen LogP contribution in [0.25, 0.3) is 6.08 Å². The van der Waals surface area contributed by atoms with Gasteiger partial charge in [-0.25, -0.2) is 4.79 Å². The number of carbonyl (C=O) groups excluding carboxylic acids is 1. The second-order valence-corrected chi connectivity index (χ2v) is 8.69. The van der Waals surface area contributed by atoms with Crippen LogP contribution in [0.5, 0.6) is 0 Å². The number of benzene rings is 1. The number of carbonyl (C=O) groups is 1. The molecule has 1 aliphatic heterocycles. The standard InChI is InChI=1S/C23H30BN3O4/c1-16-11-19(25)14-26-20(16)12-18(24-30-22(2,3)23(4,5)31-24)13-27-21(28)29-15-17-9-7-6-8-10-17/h6-12,14H,13,15,25H2,1-5H3,(H,27,28). The fourth-order valence-corrected chi connectivity index (χ4v) is 3.08. The molecule has 1 fully saturated rings. The summed E-state index contributed by atoms with van der Waals surface area (Å²) in [6.45, 7) is 10.3. The summed E-state index contributed by atoms with van der Waals surface area (Å²) in [4.78, 5) is 16.7. The van der Waals surface area contributed by atoms with Crippen LogP contribution >= 0.6 is 0 Å². The van der Waals surface area contributed by atoms with Gasteiger partial charge in [0.05, 0.1) is 28.8 Å². The Morgan fingerprint density at radius 1 is 1.19 bits per heavy atom. The molecule has 3 N–H and O–H groups in total. The van der Waals surface area contributed by atoms with Gasteiger partial charge in [-0.3, -0.25) is 4.98 Å². The van der Waals surface area contributed by atoms with E-state index in [9.17, 15) is 4.79 Å². The Labute approximate surface area is 184 Å². The predicted octanol–water partition coefficient (Wildman–Crippen LogP) is 3.91. The van der Waals surface area contributed by atoms with E-state index in [-0.39, 0.29) is 13.2 Å². The van der Waals surface area contributed by atoms with Gasteiger partial charge < -0.3 is 25.1 Å². The maximum absolute atomic E-state index is 12.3. The number of hydrogen-bond donors (Lipinski definition) is 2. The highest BCUT2D eigenvalue weighted by molar-refractivity contribution is 6.56. The Hall–Kier alpha value is -2.84. The molecule has 0 radical (unpaired) electrons. The number of amides is 1. The predicted molar refractivity (Wildman–Crippen MR) is 122 cm³/mol. The van der Waals surface area contributed by atoms with Gasteiger partial charge >= 0.3 is 13.2 Å². The van der Waals surface area contributed by atoms with E-state index in [2.05, 4.69) is 10.3 Å². The lowest BCUT2D eigenvalue weighted by molar-refractivity contribution is 0.00578. The summed E-state index contributed by atoms with van der Waals surface area (Å²) in [6.07, 6.45) is 2.95. The van der Waals surface area contributed by atoms with Crippen molar-refractivity contribution in [2.45, 2.75) is 52.4 Å². The first-order valence-electron chi connectivity index (χ1n) is 10.3. The van der Waals surface area contributed by atoms with Gasteiger partial charge in [0.1, 0.15) is 6.61 Å². The van der Waals surface area contributed by atoms with Gasteiger partial charge in [0.2, 0.25) is 0 Å². The zero-order valence-electron chi connectivity index (χ0n) is 18.8. The maximum atomic E-state index is 12.3. The van der Waals surface area contributed by atoms with Crippen LogP contribution in [0.2, 0.25) is 0 Å². The highest BCUT2D eigenvalue weighted by Crippen LogP contribution is 2.38. The molecule has 1 saturated heterocycles. The van der Waals surface area contributed by atoms with E-state index in [0.717, 1.165) is 22.3 Å². The van der Waals surface area contributed by atoms with Crippen LogP contribution in [0, 0.1) is 6.92 Å². The average Bonchev–Trinajstić information content (AvgIpc) is 2.93. The average molecular weight is 423 g/mol. The van der Waals surface area contributed by atoms with Crippen molar-refractivity contribution in [3.8, 4) is 0 Å². The minimum absolute atomic E-state index is 0.190. The number of hydrogen-bond acceptors (Lipinski definition) is 6. The minimum atomic E-state index is -0.627. The molecule has 31 heavy (non-hydrogen) atoms. The van der Waals surface area contributed by atoms with Gasteiger partial charge in [0, 0.05) is 6.54 Å². The molecule has 0 spiro atoms. The van der Waals surface area contributed by atoms with Crippen molar-refractivity contribution < 1.29 is 18.8 Å². The highest BCUT2D eigenvalue weighted by Gasteiger charge is 2.52. The first-order valence-corrected chi connectivity index (χ1v) is 10.3. The van der Waals surface area contributed by atoms with E-state index >= 15 is 0 Å². The van der Waals surface area contributed by atoms with Crippen LogP contribution in [-0.4, -0.2) is 35.9 Å². The van der Waals surface area contributed by atoms with Gasteiger partial charge in [-0.05, 0) is 63.4 Å². The molecule has 3 rings (SSSR count). The summed E-state index contributed by atoms with van der Waals surface area (Å²) in [7, 11) is -0.627. The summed E-state index contributed by atoms with van der Waals surface area (Å²) >= 11 is 0. The summed E-state index contributed by atoms with van der Waals surface area (Å²) in [5.41, 5.74) is 8.71. The quantitative estimate of drug-likeness (QED) is 0.684. The van der Waals surface area contributed by atoms with Gasteiger partial charge in [-0.15, -0.1) is 0 Å². The summed E-state index contributed by atoms with van der Waals surface area (Å²) < 4.78 is 17.7. The van der Waals surface area contributed by atoms with Gasteiger partial charge in [0.25, 0.3) is 0 Å². The number of nitrogen functional groups attached to an aromatic ring is 1. The van der Waals surface area contributed by atoms with Crippen molar-refractivity contribution >= 4 is 25.0 Å². The third kappa shape index (κ3) is 5.65. The zero-order valence-corrected chi connectivity index (χ0v) is 18.8. The number of alkyl carbamates (subject to hydrolysis) is 1. The number of nitrogens with two attached hydrogens (primary N) is 1. The van der Waals surface area contributed by atoms with E-state index in [1.54, 1.807) is 6.20 Å². The maximum Gasteiger partial charge on any atom is 0.492 e. The lowest BCUT2D eigenvalue weighted by Crippen LogP contribution is -2.41. The molecule has 8 heteroatoms. The summed E-state index contributed by atoms with van der Waals surface area (Å²) in [5, 5.41) is 2.79. The highest BCUT2D eigenvalue weighted by atomic mass is 16.7. The van der Waals surface area contributed by atoms with E-state index in [1.165, 1.54) is 0 Å². The van der Waals surface area contributed by atoms with Crippen LogP contribution in [0.15, 0.2) is 48.1 Å². The second-order valence-electron chi connectivity index (χ2n) is 8.69. The van der Waals surface area contributed by atoms with Crippen LogP contribution in [0.4, 0.5) is 10.5 Å². The molecule has 7 nitrogen and oxygen atoms in total. The number of nitrogens with one attached hydrogen (secondary N) is 1. The molecule has 2 aromatic rings. The van der Waals surface area contributed by atoms with E-state index in [1.807, 2.05) is 77.1 Å². The fourth-order valence-electron chi connectivity index (χ4n) is 3.08. The smallest absolute Gasteiger partial charge is 0.445 e. The number of ether oxygens (including phenoxy) is 1. The third-order valence-electron chi connectivity index (χ3n) is 5.67. The Kier molecular flexibility index (Phi) is 6.72. The molecule has 1 aromatic carbocycles. The SMILES string of the molecule is Cc1cc(N)cnc1C=C(CNC(=O)OCc1ccccc1)B1OC(C)(C)C(C)(C)O1. The van der Waals surface area contributed by atoms with E-state index < -0.39 is 24.4 Å². The van der Waals surface area contributed by atoms with Crippen molar-refractivity contribution in [1.29, 1.82) is 0 Å². The molecule has 164 valence electrons. The molecular formula is C23H30BN3O4. The van der Waals surface area contributed by atoms with Crippen molar-refractivity contribution in [2.75, 3.05) is 12.3 Å². The first kappa shape index (κ1) is 22.8. The number of aryl methyl sites for hydroxylation is 1. The van der Waals surface area contributed by atoms with Crippen LogP contribution in [-0.2, 0) is 20.7 Å². The number of rotatable bonds is 6. The Balaban J connectivity index is 1.74. The largest absolute Gasteiger partial charge is 0.492 e. The third-order valence-corrected chi connectivity index (χ3v) is 5.67. The molecule has 0 bridgehead atoms. The zero-order chi connectivity index (χ0) is 22.6. The molecule has 2 heterocycles. The lowest BCUT2D eigenvalue weighted by Gasteiger charge is -2.32. The van der Waals surface area contributed by atoms with Crippen molar-refractivity contribution in [3.05, 3.63) is 64.9 Å².